The van der Waals surface area contributed by atoms with Gasteiger partial charge >= 0.3 is 0 Å². The molecule has 0 amide bonds. The number of aryl methyl sites for hydroxylation is 4. The molecule has 0 saturated heterocycles. The molecule has 0 radical (unpaired) electrons. The van der Waals surface area contributed by atoms with Crippen molar-refractivity contribution < 1.29 is 0 Å². The predicted molar refractivity (Wildman–Crippen MR) is 87.7 cm³/mol. The predicted octanol–water partition coefficient (Wildman–Crippen LogP) is 4.88. The number of benzene rings is 2. The second-order valence-electron chi connectivity index (χ2n) is 5.53. The van der Waals surface area contributed by atoms with Gasteiger partial charge in [-0.2, -0.15) is 0 Å². The summed E-state index contributed by atoms with van der Waals surface area (Å²) in [7, 11) is 2.00. The van der Waals surface area contributed by atoms with E-state index in [9.17, 15) is 0 Å². The third-order valence-electron chi connectivity index (χ3n) is 3.87. The van der Waals surface area contributed by atoms with Crippen LogP contribution in [0.1, 0.15) is 39.4 Å². The first-order valence-electron chi connectivity index (χ1n) is 6.95. The van der Waals surface area contributed by atoms with Crippen LogP contribution < -0.4 is 5.32 Å². The molecule has 0 spiro atoms. The Morgan fingerprint density at radius 3 is 2.05 bits per heavy atom. The van der Waals surface area contributed by atoms with Crippen LogP contribution >= 0.6 is 11.6 Å². The molecule has 2 aromatic carbocycles. The van der Waals surface area contributed by atoms with E-state index in [1.165, 1.54) is 33.4 Å². The summed E-state index contributed by atoms with van der Waals surface area (Å²) in [6.07, 6.45) is 0. The lowest BCUT2D eigenvalue weighted by atomic mass is 9.88. The molecule has 0 aliphatic heterocycles. The van der Waals surface area contributed by atoms with Crippen LogP contribution in [-0.4, -0.2) is 7.05 Å². The first kappa shape index (κ1) is 15.1. The molecule has 0 aromatic heterocycles. The molecule has 106 valence electrons. The largest absolute Gasteiger partial charge is 0.309 e. The molecule has 0 aliphatic rings. The summed E-state index contributed by atoms with van der Waals surface area (Å²) in [6, 6.07) is 10.8. The van der Waals surface area contributed by atoms with Crippen LogP contribution in [0.2, 0.25) is 5.02 Å². The van der Waals surface area contributed by atoms with E-state index in [1.807, 2.05) is 13.1 Å². The minimum absolute atomic E-state index is 0.175. The molecule has 1 N–H and O–H groups in total. The van der Waals surface area contributed by atoms with E-state index in [4.69, 9.17) is 11.6 Å². The van der Waals surface area contributed by atoms with Gasteiger partial charge in [0.05, 0.1) is 6.04 Å². The van der Waals surface area contributed by atoms with E-state index >= 15 is 0 Å². The van der Waals surface area contributed by atoms with Gasteiger partial charge in [-0.05, 0) is 74.7 Å². The maximum atomic E-state index is 6.18. The van der Waals surface area contributed by atoms with Gasteiger partial charge in [0.25, 0.3) is 0 Å². The molecule has 1 unspecified atom stereocenters. The van der Waals surface area contributed by atoms with Crippen LogP contribution in [0.3, 0.4) is 0 Å². The lowest BCUT2D eigenvalue weighted by Gasteiger charge is -2.24. The third-order valence-corrected chi connectivity index (χ3v) is 4.10. The van der Waals surface area contributed by atoms with Crippen molar-refractivity contribution in [3.63, 3.8) is 0 Å². The van der Waals surface area contributed by atoms with Crippen molar-refractivity contribution in [3.05, 3.63) is 68.7 Å². The molecule has 1 atom stereocenters. The zero-order valence-electron chi connectivity index (χ0n) is 12.8. The van der Waals surface area contributed by atoms with Crippen LogP contribution in [-0.2, 0) is 0 Å². The highest BCUT2D eigenvalue weighted by Gasteiger charge is 2.18. The van der Waals surface area contributed by atoms with E-state index < -0.39 is 0 Å². The van der Waals surface area contributed by atoms with Gasteiger partial charge in [-0.1, -0.05) is 35.4 Å². The maximum absolute atomic E-state index is 6.18. The molecule has 2 heteroatoms. The number of hydrogen-bond donors (Lipinski definition) is 1. The lowest BCUT2D eigenvalue weighted by Crippen LogP contribution is -2.21. The van der Waals surface area contributed by atoms with E-state index in [2.05, 4.69) is 57.3 Å². The molecule has 2 aromatic rings. The van der Waals surface area contributed by atoms with Gasteiger partial charge in [-0.25, -0.2) is 0 Å². The van der Waals surface area contributed by atoms with Crippen molar-refractivity contribution in [1.29, 1.82) is 0 Å². The topological polar surface area (TPSA) is 12.0 Å². The van der Waals surface area contributed by atoms with Gasteiger partial charge in [0.15, 0.2) is 0 Å². The van der Waals surface area contributed by atoms with E-state index in [1.54, 1.807) is 0 Å². The molecule has 2 rings (SSSR count). The van der Waals surface area contributed by atoms with E-state index in [0.717, 1.165) is 5.02 Å². The molecule has 0 saturated carbocycles. The van der Waals surface area contributed by atoms with E-state index in [-0.39, 0.29) is 6.04 Å². The molecule has 20 heavy (non-hydrogen) atoms. The minimum Gasteiger partial charge on any atom is -0.309 e. The fourth-order valence-corrected chi connectivity index (χ4v) is 3.20. The summed E-state index contributed by atoms with van der Waals surface area (Å²) in [5.74, 6) is 0. The van der Waals surface area contributed by atoms with Crippen LogP contribution in [0.5, 0.6) is 0 Å². The fraction of sp³-hybridized carbons (Fsp3) is 0.333. The highest BCUT2D eigenvalue weighted by Crippen LogP contribution is 2.31. The second-order valence-corrected chi connectivity index (χ2v) is 5.97. The Morgan fingerprint density at radius 1 is 0.900 bits per heavy atom. The van der Waals surface area contributed by atoms with Crippen molar-refractivity contribution in [3.8, 4) is 0 Å². The fourth-order valence-electron chi connectivity index (χ4n) is 3.02. The Bertz CT molecular complexity index is 608. The van der Waals surface area contributed by atoms with Crippen LogP contribution in [0.4, 0.5) is 0 Å². The summed E-state index contributed by atoms with van der Waals surface area (Å²) < 4.78 is 0. The Balaban J connectivity index is 2.61. The zero-order chi connectivity index (χ0) is 14.9. The Kier molecular flexibility index (Phi) is 4.52. The Hall–Kier alpha value is -1.31. The highest BCUT2D eigenvalue weighted by atomic mass is 35.5. The molecular formula is C18H22ClN. The third kappa shape index (κ3) is 2.89. The van der Waals surface area contributed by atoms with Crippen LogP contribution in [0.15, 0.2) is 30.3 Å². The van der Waals surface area contributed by atoms with Crippen molar-refractivity contribution in [1.82, 2.24) is 5.32 Å². The maximum Gasteiger partial charge on any atom is 0.0582 e. The van der Waals surface area contributed by atoms with Crippen molar-refractivity contribution >= 4 is 11.6 Å². The average Bonchev–Trinajstić information content (AvgIpc) is 2.37. The van der Waals surface area contributed by atoms with Gasteiger partial charge < -0.3 is 5.32 Å². The Morgan fingerprint density at radius 2 is 1.50 bits per heavy atom. The highest BCUT2D eigenvalue weighted by molar-refractivity contribution is 6.30. The molecular weight excluding hydrogens is 266 g/mol. The van der Waals surface area contributed by atoms with Crippen LogP contribution in [0.25, 0.3) is 0 Å². The molecule has 0 fully saturated rings. The molecule has 1 nitrogen and oxygen atoms in total. The van der Waals surface area contributed by atoms with Crippen molar-refractivity contribution in [2.75, 3.05) is 7.05 Å². The summed E-state index contributed by atoms with van der Waals surface area (Å²) in [6.45, 7) is 8.64. The van der Waals surface area contributed by atoms with Gasteiger partial charge in [0.1, 0.15) is 0 Å². The van der Waals surface area contributed by atoms with Crippen LogP contribution in [0, 0.1) is 27.7 Å². The number of nitrogens with one attached hydrogen (secondary N) is 1. The van der Waals surface area contributed by atoms with Crippen molar-refractivity contribution in [2.45, 2.75) is 33.7 Å². The Labute approximate surface area is 127 Å². The minimum atomic E-state index is 0.175. The molecule has 0 aliphatic carbocycles. The lowest BCUT2D eigenvalue weighted by molar-refractivity contribution is 0.679. The normalized spacial score (nSPS) is 12.5. The number of hydrogen-bond acceptors (Lipinski definition) is 1. The monoisotopic (exact) mass is 287 g/mol. The SMILES string of the molecule is CNC(c1cc(Cl)ccc1C)c1c(C)cc(C)cc1C. The first-order valence-corrected chi connectivity index (χ1v) is 7.33. The van der Waals surface area contributed by atoms with Gasteiger partial charge in [0.2, 0.25) is 0 Å². The quantitative estimate of drug-likeness (QED) is 0.848. The summed E-state index contributed by atoms with van der Waals surface area (Å²) in [5.41, 5.74) is 7.80. The number of rotatable bonds is 3. The zero-order valence-corrected chi connectivity index (χ0v) is 13.6. The standard InChI is InChI=1S/C18H22ClN/c1-11-8-13(3)17(14(4)9-11)18(20-5)16-10-15(19)7-6-12(16)2/h6-10,18,20H,1-5H3. The second kappa shape index (κ2) is 5.99. The van der Waals surface area contributed by atoms with Gasteiger partial charge in [-0.3, -0.25) is 0 Å². The van der Waals surface area contributed by atoms with Crippen molar-refractivity contribution in [2.24, 2.45) is 0 Å². The molecule has 0 bridgehead atoms. The van der Waals surface area contributed by atoms with Gasteiger partial charge in [-0.15, -0.1) is 0 Å². The first-order chi connectivity index (χ1) is 9.43. The summed E-state index contributed by atoms with van der Waals surface area (Å²) >= 11 is 6.18. The van der Waals surface area contributed by atoms with E-state index in [0.29, 0.717) is 0 Å². The smallest absolute Gasteiger partial charge is 0.0582 e. The van der Waals surface area contributed by atoms with Gasteiger partial charge in [0, 0.05) is 5.02 Å². The summed E-state index contributed by atoms with van der Waals surface area (Å²) in [4.78, 5) is 0. The summed E-state index contributed by atoms with van der Waals surface area (Å²) in [5, 5.41) is 4.23. The number of halogens is 1. The molecule has 0 heterocycles. The average molecular weight is 288 g/mol.